The molecule has 0 aromatic carbocycles. The van der Waals surface area contributed by atoms with Gasteiger partial charge in [0.25, 0.3) is 0 Å². The number of carboxylic acid groups (broad SMARTS) is 1. The molecule has 0 N–H and O–H groups in total. The molecule has 1 saturated heterocycles. The molecule has 3 nitrogen and oxygen atoms in total. The zero-order valence-electron chi connectivity index (χ0n) is 16.0. The van der Waals surface area contributed by atoms with E-state index in [0.29, 0.717) is 13.0 Å². The van der Waals surface area contributed by atoms with E-state index < -0.39 is 12.0 Å². The summed E-state index contributed by atoms with van der Waals surface area (Å²) in [6, 6.07) is -0.515. The number of piperidine rings is 1. The summed E-state index contributed by atoms with van der Waals surface area (Å²) in [4.78, 5) is 10.1. The van der Waals surface area contributed by atoms with Crippen molar-refractivity contribution >= 4 is 29.7 Å². The van der Waals surface area contributed by atoms with E-state index in [-0.39, 0.29) is 43.9 Å². The van der Waals surface area contributed by atoms with Crippen LogP contribution in [-0.2, 0) is 24.9 Å². The summed E-state index contributed by atoms with van der Waals surface area (Å²) < 4.78 is 0. The average molecular weight is 551 g/mol. The number of nitrogens with zero attached hydrogens (tertiary/aromatic N) is 1. The summed E-state index contributed by atoms with van der Waals surface area (Å²) in [5, 5.41) is 14.0. The maximum Gasteiger partial charge on any atom is 3.00 e. The van der Waals surface area contributed by atoms with E-state index in [1.165, 1.54) is 0 Å². The van der Waals surface area contributed by atoms with Gasteiger partial charge in [-0.15, -0.1) is 6.54 Å². The molecule has 0 spiro atoms. The molecule has 0 aliphatic carbocycles. The van der Waals surface area contributed by atoms with E-state index in [2.05, 4.69) is 65.3 Å². The molecule has 1 atom stereocenters. The molecular weight excluding hydrogens is 511 g/mol. The number of aliphatic carboxylic acids is 1. The number of carboxylic acids is 1. The third kappa shape index (κ3) is 49.6. The zero-order valence-corrected chi connectivity index (χ0v) is 21.4. The van der Waals surface area contributed by atoms with Crippen LogP contribution in [0.4, 0.5) is 0 Å². The third-order valence-corrected chi connectivity index (χ3v) is 1.51. The molecule has 7 heteroatoms. The van der Waals surface area contributed by atoms with Gasteiger partial charge in [-0.1, -0.05) is 25.3 Å². The van der Waals surface area contributed by atoms with Gasteiger partial charge >= 0.3 is 20.1 Å². The number of carbonyl (C=O) groups excluding carboxylic acids is 1. The third-order valence-electron chi connectivity index (χ3n) is 1.51. The summed E-state index contributed by atoms with van der Waals surface area (Å²) in [5.74, 6) is -1.02. The van der Waals surface area contributed by atoms with Gasteiger partial charge in [0.1, 0.15) is 0 Å². The molecule has 0 amide bonds. The Kier molecular flexibility index (Phi) is 31.7. The second-order valence-corrected chi connectivity index (χ2v) is 15.7. The van der Waals surface area contributed by atoms with Gasteiger partial charge in [0.05, 0.1) is 0 Å². The smallest absolute Gasteiger partial charge is 0.655 e. The van der Waals surface area contributed by atoms with Crippen molar-refractivity contribution < 1.29 is 30.0 Å². The molecule has 1 rings (SSSR count). The second kappa shape index (κ2) is 22.4. The minimum atomic E-state index is -1.02. The van der Waals surface area contributed by atoms with E-state index in [1.54, 1.807) is 0 Å². The Labute approximate surface area is 156 Å². The first-order valence-corrected chi connectivity index (χ1v) is 16.7. The van der Waals surface area contributed by atoms with Crippen LogP contribution in [0.25, 0.3) is 5.32 Å². The van der Waals surface area contributed by atoms with Crippen LogP contribution < -0.4 is 5.11 Å². The van der Waals surface area contributed by atoms with Crippen LogP contribution in [0.15, 0.2) is 0 Å². The van der Waals surface area contributed by atoms with Crippen molar-refractivity contribution in [3.63, 3.8) is 0 Å². The Morgan fingerprint density at radius 2 is 1.18 bits per heavy atom. The molecular formula is C15H39IrNO2P3+4. The summed E-state index contributed by atoms with van der Waals surface area (Å²) in [6.07, 6.45) is 2.67. The predicted molar refractivity (Wildman–Crippen MR) is 109 cm³/mol. The molecule has 0 bridgehead atoms. The minimum Gasteiger partial charge on any atom is -0.655 e. The van der Waals surface area contributed by atoms with Crippen LogP contribution in [0, 0.1) is 0 Å². The van der Waals surface area contributed by atoms with E-state index in [9.17, 15) is 9.90 Å². The summed E-state index contributed by atoms with van der Waals surface area (Å²) in [5.41, 5.74) is 0. The molecule has 1 unspecified atom stereocenters. The fourth-order valence-corrected chi connectivity index (χ4v) is 0.980. The van der Waals surface area contributed by atoms with Crippen molar-refractivity contribution in [2.45, 2.75) is 25.3 Å². The normalized spacial score (nSPS) is 16.3. The number of carbonyl (C=O) groups is 1. The quantitative estimate of drug-likeness (QED) is 0.472. The Bertz CT molecular complexity index is 202. The average Bonchev–Trinajstić information content (AvgIpc) is 2.27. The van der Waals surface area contributed by atoms with Gasteiger partial charge in [-0.3, -0.25) is 0 Å². The number of rotatable bonds is 1. The zero-order chi connectivity index (χ0) is 17.4. The van der Waals surface area contributed by atoms with Gasteiger partial charge in [-0.2, -0.15) is 0 Å². The summed E-state index contributed by atoms with van der Waals surface area (Å²) in [6.45, 7) is 21.1. The summed E-state index contributed by atoms with van der Waals surface area (Å²) >= 11 is 0. The molecule has 0 saturated carbocycles. The second-order valence-electron chi connectivity index (χ2n) is 6.74. The van der Waals surface area contributed by atoms with Crippen molar-refractivity contribution in [3.05, 3.63) is 5.32 Å². The van der Waals surface area contributed by atoms with Crippen molar-refractivity contribution in [3.8, 4) is 0 Å². The fourth-order valence-electron chi connectivity index (χ4n) is 0.980. The van der Waals surface area contributed by atoms with Gasteiger partial charge < -0.3 is 15.2 Å². The van der Waals surface area contributed by atoms with Crippen molar-refractivity contribution in [1.82, 2.24) is 0 Å². The fraction of sp³-hybridized carbons (Fsp3) is 0.933. The Morgan fingerprint density at radius 3 is 1.32 bits per heavy atom. The van der Waals surface area contributed by atoms with E-state index in [0.717, 1.165) is 12.8 Å². The molecule has 0 aromatic rings. The van der Waals surface area contributed by atoms with Gasteiger partial charge in [0.15, 0.2) is 0 Å². The maximum absolute atomic E-state index is 10.1. The van der Waals surface area contributed by atoms with Gasteiger partial charge in [0, 0.05) is 66.0 Å². The molecule has 0 aromatic heterocycles. The SMILES string of the molecule is C[PH+](C)C.C[PH+](C)C.C[PH+](C)C.O=C([O-])C1CCCC[N-]1.[Ir+3]. The molecule has 1 fully saturated rings. The van der Waals surface area contributed by atoms with E-state index in [4.69, 9.17) is 0 Å². The van der Waals surface area contributed by atoms with E-state index >= 15 is 0 Å². The Hall–Kier alpha value is 1.37. The molecule has 136 valence electrons. The van der Waals surface area contributed by atoms with Crippen molar-refractivity contribution in [2.75, 3.05) is 66.5 Å². The van der Waals surface area contributed by atoms with Gasteiger partial charge in [0.2, 0.25) is 0 Å². The molecule has 0 radical (unpaired) electrons. The van der Waals surface area contributed by atoms with Crippen LogP contribution in [0.2, 0.25) is 0 Å². The molecule has 1 aliphatic heterocycles. The van der Waals surface area contributed by atoms with Crippen LogP contribution >= 0.6 is 23.8 Å². The van der Waals surface area contributed by atoms with Crippen molar-refractivity contribution in [2.24, 2.45) is 0 Å². The Morgan fingerprint density at radius 1 is 0.864 bits per heavy atom. The number of hydrogen-bond acceptors (Lipinski definition) is 2. The summed E-state index contributed by atoms with van der Waals surface area (Å²) in [7, 11) is 0.361. The van der Waals surface area contributed by atoms with Crippen LogP contribution in [0.1, 0.15) is 19.3 Å². The largest absolute Gasteiger partial charge is 3.00 e. The molecule has 22 heavy (non-hydrogen) atoms. The molecule has 1 heterocycles. The maximum atomic E-state index is 10.1. The topological polar surface area (TPSA) is 54.2 Å². The first-order valence-electron chi connectivity index (χ1n) is 7.68. The van der Waals surface area contributed by atoms with Crippen LogP contribution in [0.3, 0.4) is 0 Å². The predicted octanol–water partition coefficient (Wildman–Crippen LogP) is 2.93. The first-order chi connectivity index (χ1) is 9.50. The monoisotopic (exact) mass is 551 g/mol. The molecule has 1 aliphatic rings. The van der Waals surface area contributed by atoms with Crippen molar-refractivity contribution in [1.29, 1.82) is 0 Å². The van der Waals surface area contributed by atoms with Crippen LogP contribution in [0.5, 0.6) is 0 Å². The van der Waals surface area contributed by atoms with E-state index in [1.807, 2.05) is 0 Å². The first kappa shape index (κ1) is 31.2. The minimum absolute atomic E-state index is 0. The standard InChI is InChI=1S/C6H10NO2.3C3H9P.Ir/c8-6(9)5-3-1-2-4-7-5;3*1-4(2)3;/h5H,1-4H2,(H,8,9);3*1-3H3;/q-1;;;;+3/p+2. The van der Waals surface area contributed by atoms with Gasteiger partial charge in [-0.25, -0.2) is 0 Å². The van der Waals surface area contributed by atoms with Gasteiger partial charge in [-0.05, 0) is 23.8 Å². The number of hydrogen-bond donors (Lipinski definition) is 0. The van der Waals surface area contributed by atoms with Crippen LogP contribution in [-0.4, -0.2) is 78.5 Å². The Balaban J connectivity index is -0.000000107.